The van der Waals surface area contributed by atoms with Gasteiger partial charge in [-0.25, -0.2) is 19.6 Å². The average Bonchev–Trinajstić information content (AvgIpc) is 3.04. The predicted molar refractivity (Wildman–Crippen MR) is 75.3 cm³/mol. The molecule has 24 heavy (non-hydrogen) atoms. The number of hydrogen-bond acceptors (Lipinski definition) is 10. The first-order valence-corrected chi connectivity index (χ1v) is 8.28. The summed E-state index contributed by atoms with van der Waals surface area (Å²) in [6.07, 6.45) is -3.64. The van der Waals surface area contributed by atoms with E-state index >= 15 is 0 Å². The van der Waals surface area contributed by atoms with Crippen LogP contribution in [0, 0.1) is 0 Å². The van der Waals surface area contributed by atoms with Gasteiger partial charge < -0.3 is 35.6 Å². The number of fused-ring (bicyclic) bond motifs is 1. The van der Waals surface area contributed by atoms with E-state index in [2.05, 4.69) is 14.6 Å². The summed E-state index contributed by atoms with van der Waals surface area (Å²) in [6, 6.07) is 0. The normalized spacial score (nSPS) is 33.1. The number of rotatable bonds is 4. The molecule has 134 valence electrons. The number of nitrogens with zero attached hydrogens (tertiary/aromatic N) is 4. The SMILES string of the molecule is NC1c2ncn([C@@H]3O[C@H](CO)C(O)C3O)c2N=CN1OP(=O)(O)O. The monoisotopic (exact) mass is 365 g/mol. The molecule has 1 aromatic rings. The molecule has 5 atom stereocenters. The van der Waals surface area contributed by atoms with E-state index in [4.69, 9.17) is 25.4 Å². The smallest absolute Gasteiger partial charge is 0.394 e. The fourth-order valence-corrected chi connectivity index (χ4v) is 2.89. The maximum Gasteiger partial charge on any atom is 0.491 e. The lowest BCUT2D eigenvalue weighted by Gasteiger charge is -2.28. The number of aromatic nitrogens is 2. The number of aliphatic imine (C=N–C) groups is 1. The Hall–Kier alpha value is -1.41. The lowest BCUT2D eigenvalue weighted by Crippen LogP contribution is -2.35. The summed E-state index contributed by atoms with van der Waals surface area (Å²) in [5.74, 6) is 0.155. The zero-order chi connectivity index (χ0) is 17.6. The maximum atomic E-state index is 10.9. The molecule has 0 bridgehead atoms. The molecule has 14 heteroatoms. The summed E-state index contributed by atoms with van der Waals surface area (Å²) in [7, 11) is -4.83. The van der Waals surface area contributed by atoms with Crippen molar-refractivity contribution in [1.82, 2.24) is 14.6 Å². The molecular weight excluding hydrogens is 349 g/mol. The molecule has 1 fully saturated rings. The van der Waals surface area contributed by atoms with E-state index in [1.54, 1.807) is 0 Å². The Bertz CT molecular complexity index is 691. The van der Waals surface area contributed by atoms with E-state index in [1.165, 1.54) is 10.9 Å². The average molecular weight is 365 g/mol. The fourth-order valence-electron chi connectivity index (χ4n) is 2.51. The van der Waals surface area contributed by atoms with Crippen molar-refractivity contribution >= 4 is 20.0 Å². The first kappa shape index (κ1) is 17.4. The summed E-state index contributed by atoms with van der Waals surface area (Å²) in [5, 5.41) is 29.6. The van der Waals surface area contributed by atoms with Crippen LogP contribution in [0.3, 0.4) is 0 Å². The molecule has 2 aliphatic heterocycles. The number of aliphatic hydroxyl groups excluding tert-OH is 3. The number of hydroxylamine groups is 2. The Labute approximate surface area is 134 Å². The molecule has 7 N–H and O–H groups in total. The van der Waals surface area contributed by atoms with Crippen LogP contribution in [0.4, 0.5) is 5.82 Å². The van der Waals surface area contributed by atoms with Gasteiger partial charge in [-0.1, -0.05) is 0 Å². The minimum atomic E-state index is -4.83. The molecule has 0 aromatic carbocycles. The minimum absolute atomic E-state index is 0.115. The van der Waals surface area contributed by atoms with Crippen molar-refractivity contribution in [2.24, 2.45) is 10.7 Å². The highest BCUT2D eigenvalue weighted by molar-refractivity contribution is 7.46. The third kappa shape index (κ3) is 2.97. The second-order valence-corrected chi connectivity index (χ2v) is 6.36. The van der Waals surface area contributed by atoms with Gasteiger partial charge in [0, 0.05) is 0 Å². The number of hydrogen-bond donors (Lipinski definition) is 6. The van der Waals surface area contributed by atoms with Crippen LogP contribution in [-0.2, 0) is 13.9 Å². The second kappa shape index (κ2) is 6.15. The molecule has 1 aromatic heterocycles. The first-order valence-electron chi connectivity index (χ1n) is 6.75. The summed E-state index contributed by atoms with van der Waals surface area (Å²) in [5.41, 5.74) is 5.94. The lowest BCUT2D eigenvalue weighted by atomic mass is 10.1. The van der Waals surface area contributed by atoms with E-state index in [0.29, 0.717) is 5.06 Å². The summed E-state index contributed by atoms with van der Waals surface area (Å²) < 4.78 is 22.0. The molecule has 1 saturated heterocycles. The van der Waals surface area contributed by atoms with Gasteiger partial charge in [-0.15, -0.1) is 0 Å². The van der Waals surface area contributed by atoms with Crippen LogP contribution >= 0.6 is 7.82 Å². The molecule has 3 rings (SSSR count). The van der Waals surface area contributed by atoms with E-state index in [0.717, 1.165) is 6.34 Å². The molecule has 3 unspecified atom stereocenters. The number of ether oxygens (including phenoxy) is 1. The van der Waals surface area contributed by atoms with Gasteiger partial charge in [0.25, 0.3) is 0 Å². The van der Waals surface area contributed by atoms with Crippen LogP contribution in [0.1, 0.15) is 18.1 Å². The molecule has 2 aliphatic rings. The molecule has 0 radical (unpaired) electrons. The molecule has 0 amide bonds. The predicted octanol–water partition coefficient (Wildman–Crippen LogP) is -2.55. The number of nitrogens with two attached hydrogens (primary N) is 1. The Morgan fingerprint density at radius 2 is 2.08 bits per heavy atom. The van der Waals surface area contributed by atoms with Crippen LogP contribution < -0.4 is 5.73 Å². The Balaban J connectivity index is 1.87. The zero-order valence-corrected chi connectivity index (χ0v) is 12.9. The highest BCUT2D eigenvalue weighted by Crippen LogP contribution is 2.42. The molecule has 0 spiro atoms. The number of imidazole rings is 1. The molecule has 0 aliphatic carbocycles. The van der Waals surface area contributed by atoms with Gasteiger partial charge in [0.1, 0.15) is 30.3 Å². The largest absolute Gasteiger partial charge is 0.491 e. The second-order valence-electron chi connectivity index (χ2n) is 5.21. The van der Waals surface area contributed by atoms with E-state index in [-0.39, 0.29) is 11.5 Å². The highest BCUT2D eigenvalue weighted by Gasteiger charge is 2.45. The third-order valence-corrected chi connectivity index (χ3v) is 4.04. The topological polar surface area (TPSA) is 196 Å². The van der Waals surface area contributed by atoms with Gasteiger partial charge in [-0.3, -0.25) is 4.57 Å². The van der Waals surface area contributed by atoms with Crippen LogP contribution in [-0.4, -0.2) is 71.0 Å². The molecule has 3 heterocycles. The van der Waals surface area contributed by atoms with Crippen molar-refractivity contribution in [3.8, 4) is 0 Å². The van der Waals surface area contributed by atoms with Crippen molar-refractivity contribution in [3.63, 3.8) is 0 Å². The van der Waals surface area contributed by atoms with Crippen molar-refractivity contribution < 1.29 is 39.0 Å². The van der Waals surface area contributed by atoms with E-state index in [9.17, 15) is 14.8 Å². The van der Waals surface area contributed by atoms with Crippen molar-refractivity contribution in [2.45, 2.75) is 30.7 Å². The van der Waals surface area contributed by atoms with Crippen molar-refractivity contribution in [3.05, 3.63) is 12.0 Å². The maximum absolute atomic E-state index is 10.9. The lowest BCUT2D eigenvalue weighted by molar-refractivity contribution is -0.0536. The van der Waals surface area contributed by atoms with Gasteiger partial charge in [-0.2, -0.15) is 4.62 Å². The quantitative estimate of drug-likeness (QED) is 0.307. The number of aliphatic hydroxyl groups is 3. The standard InChI is InChI=1S/C10H16N5O8P/c11-8-5-9(13-3-15(8)23-24(19,20)21)14(2-12-5)10-7(18)6(17)4(1-16)22-10/h2-4,6-8,10,16-18H,1,11H2,(H2,19,20,21)/t4-,6?,7?,8?,10-/m1/s1. The Kier molecular flexibility index (Phi) is 4.46. The third-order valence-electron chi connectivity index (χ3n) is 3.63. The van der Waals surface area contributed by atoms with Gasteiger partial charge in [0.15, 0.2) is 18.2 Å². The van der Waals surface area contributed by atoms with Crippen LogP contribution in [0.25, 0.3) is 0 Å². The van der Waals surface area contributed by atoms with Gasteiger partial charge >= 0.3 is 7.82 Å². The summed E-state index contributed by atoms with van der Waals surface area (Å²) in [6.45, 7) is -0.488. The molecule has 13 nitrogen and oxygen atoms in total. The summed E-state index contributed by atoms with van der Waals surface area (Å²) in [4.78, 5) is 25.6. The minimum Gasteiger partial charge on any atom is -0.394 e. The van der Waals surface area contributed by atoms with Crippen molar-refractivity contribution in [2.75, 3.05) is 6.61 Å². The Morgan fingerprint density at radius 3 is 2.67 bits per heavy atom. The summed E-state index contributed by atoms with van der Waals surface area (Å²) >= 11 is 0. The van der Waals surface area contributed by atoms with Crippen LogP contribution in [0.2, 0.25) is 0 Å². The molecule has 0 saturated carbocycles. The molecular formula is C10H16N5O8P. The van der Waals surface area contributed by atoms with E-state index in [1.807, 2.05) is 0 Å². The first-order chi connectivity index (χ1) is 11.2. The van der Waals surface area contributed by atoms with Gasteiger partial charge in [0.05, 0.1) is 12.9 Å². The fraction of sp³-hybridized carbons (Fsp3) is 0.600. The van der Waals surface area contributed by atoms with Gasteiger partial charge in [-0.05, 0) is 0 Å². The zero-order valence-electron chi connectivity index (χ0n) is 12.0. The number of phosphoric acid groups is 1. The van der Waals surface area contributed by atoms with Crippen molar-refractivity contribution in [1.29, 1.82) is 0 Å². The van der Waals surface area contributed by atoms with E-state index < -0.39 is 45.1 Å². The Morgan fingerprint density at radius 1 is 1.38 bits per heavy atom. The van der Waals surface area contributed by atoms with Crippen LogP contribution in [0.15, 0.2) is 11.3 Å². The van der Waals surface area contributed by atoms with Crippen LogP contribution in [0.5, 0.6) is 0 Å². The van der Waals surface area contributed by atoms with Gasteiger partial charge in [0.2, 0.25) is 0 Å². The highest BCUT2D eigenvalue weighted by atomic mass is 31.2.